The normalized spacial score (nSPS) is 23.9. The van der Waals surface area contributed by atoms with Gasteiger partial charge in [-0.25, -0.2) is 0 Å². The SMILES string of the molecule is CCNCc1cccc(CN2CCCC(C)(OC)C2)c1. The minimum absolute atomic E-state index is 0.0274. The molecule has 20 heavy (non-hydrogen) atoms. The molecule has 1 unspecified atom stereocenters. The maximum Gasteiger partial charge on any atom is 0.0777 e. The van der Waals surface area contributed by atoms with Crippen molar-refractivity contribution in [2.24, 2.45) is 0 Å². The predicted octanol–water partition coefficient (Wildman–Crippen LogP) is 2.80. The van der Waals surface area contributed by atoms with Crippen LogP contribution in [0.5, 0.6) is 0 Å². The van der Waals surface area contributed by atoms with Gasteiger partial charge in [0.1, 0.15) is 0 Å². The molecular formula is C17H28N2O. The highest BCUT2D eigenvalue weighted by Gasteiger charge is 2.30. The maximum atomic E-state index is 5.67. The summed E-state index contributed by atoms with van der Waals surface area (Å²) < 4.78 is 5.67. The third kappa shape index (κ3) is 4.30. The summed E-state index contributed by atoms with van der Waals surface area (Å²) in [5, 5.41) is 3.38. The second-order valence-electron chi connectivity index (χ2n) is 6.07. The van der Waals surface area contributed by atoms with Crippen molar-refractivity contribution in [2.45, 2.75) is 45.4 Å². The van der Waals surface area contributed by atoms with E-state index in [2.05, 4.69) is 48.3 Å². The van der Waals surface area contributed by atoms with Gasteiger partial charge >= 0.3 is 0 Å². The lowest BCUT2D eigenvalue weighted by atomic mass is 9.94. The Balaban J connectivity index is 1.95. The zero-order chi connectivity index (χ0) is 14.4. The average Bonchev–Trinajstić information content (AvgIpc) is 2.46. The Morgan fingerprint density at radius 1 is 1.35 bits per heavy atom. The van der Waals surface area contributed by atoms with Crippen LogP contribution < -0.4 is 5.32 Å². The molecule has 1 aliphatic rings. The number of hydrogen-bond acceptors (Lipinski definition) is 3. The van der Waals surface area contributed by atoms with Crippen molar-refractivity contribution in [3.8, 4) is 0 Å². The van der Waals surface area contributed by atoms with Crippen LogP contribution in [0.1, 0.15) is 37.8 Å². The van der Waals surface area contributed by atoms with E-state index in [1.54, 1.807) is 0 Å². The van der Waals surface area contributed by atoms with E-state index < -0.39 is 0 Å². The largest absolute Gasteiger partial charge is 0.377 e. The first-order valence-electron chi connectivity index (χ1n) is 7.71. The van der Waals surface area contributed by atoms with Crippen LogP contribution in [-0.2, 0) is 17.8 Å². The fourth-order valence-corrected chi connectivity index (χ4v) is 2.97. The van der Waals surface area contributed by atoms with Gasteiger partial charge < -0.3 is 10.1 Å². The number of likely N-dealkylation sites (tertiary alicyclic amines) is 1. The summed E-state index contributed by atoms with van der Waals surface area (Å²) in [6.45, 7) is 9.57. The van der Waals surface area contributed by atoms with E-state index in [0.717, 1.165) is 26.2 Å². The number of nitrogens with one attached hydrogen (secondary N) is 1. The van der Waals surface area contributed by atoms with E-state index in [0.29, 0.717) is 0 Å². The smallest absolute Gasteiger partial charge is 0.0777 e. The van der Waals surface area contributed by atoms with E-state index >= 15 is 0 Å². The molecule has 1 saturated heterocycles. The first-order valence-corrected chi connectivity index (χ1v) is 7.71. The number of hydrogen-bond donors (Lipinski definition) is 1. The van der Waals surface area contributed by atoms with E-state index in [1.807, 2.05) is 7.11 Å². The number of ether oxygens (including phenoxy) is 1. The first kappa shape index (κ1) is 15.5. The Morgan fingerprint density at radius 2 is 2.15 bits per heavy atom. The van der Waals surface area contributed by atoms with Crippen molar-refractivity contribution in [2.75, 3.05) is 26.7 Å². The summed E-state index contributed by atoms with van der Waals surface area (Å²) in [4.78, 5) is 2.51. The molecule has 0 saturated carbocycles. The molecule has 0 bridgehead atoms. The Kier molecular flexibility index (Phi) is 5.58. The lowest BCUT2D eigenvalue weighted by Crippen LogP contribution is -2.46. The summed E-state index contributed by atoms with van der Waals surface area (Å²) in [5.74, 6) is 0. The van der Waals surface area contributed by atoms with Crippen molar-refractivity contribution in [1.29, 1.82) is 0 Å². The minimum atomic E-state index is 0.0274. The van der Waals surface area contributed by atoms with Crippen molar-refractivity contribution in [3.63, 3.8) is 0 Å². The van der Waals surface area contributed by atoms with Gasteiger partial charge in [0, 0.05) is 26.7 Å². The van der Waals surface area contributed by atoms with Gasteiger partial charge in [0.2, 0.25) is 0 Å². The Bertz CT molecular complexity index is 421. The molecule has 0 radical (unpaired) electrons. The highest BCUT2D eigenvalue weighted by molar-refractivity contribution is 5.23. The second kappa shape index (κ2) is 7.21. The van der Waals surface area contributed by atoms with Crippen LogP contribution in [-0.4, -0.2) is 37.2 Å². The number of piperidine rings is 1. The molecule has 3 nitrogen and oxygen atoms in total. The zero-order valence-electron chi connectivity index (χ0n) is 13.1. The van der Waals surface area contributed by atoms with Crippen LogP contribution in [0.3, 0.4) is 0 Å². The van der Waals surface area contributed by atoms with E-state index in [1.165, 1.54) is 30.5 Å². The van der Waals surface area contributed by atoms with Crippen LogP contribution >= 0.6 is 0 Å². The minimum Gasteiger partial charge on any atom is -0.377 e. The predicted molar refractivity (Wildman–Crippen MR) is 83.7 cm³/mol. The average molecular weight is 276 g/mol. The summed E-state index contributed by atoms with van der Waals surface area (Å²) in [5.41, 5.74) is 2.80. The van der Waals surface area contributed by atoms with Gasteiger partial charge in [-0.2, -0.15) is 0 Å². The molecule has 112 valence electrons. The van der Waals surface area contributed by atoms with Crippen molar-refractivity contribution in [3.05, 3.63) is 35.4 Å². The van der Waals surface area contributed by atoms with Gasteiger partial charge in [-0.3, -0.25) is 4.90 Å². The molecular weight excluding hydrogens is 248 g/mol. The second-order valence-corrected chi connectivity index (χ2v) is 6.07. The van der Waals surface area contributed by atoms with E-state index in [4.69, 9.17) is 4.74 Å². The zero-order valence-corrected chi connectivity index (χ0v) is 13.1. The van der Waals surface area contributed by atoms with Gasteiger partial charge in [0.05, 0.1) is 5.60 Å². The summed E-state index contributed by atoms with van der Waals surface area (Å²) in [6.07, 6.45) is 2.39. The molecule has 1 N–H and O–H groups in total. The van der Waals surface area contributed by atoms with Crippen LogP contribution in [0.15, 0.2) is 24.3 Å². The van der Waals surface area contributed by atoms with Gasteiger partial charge in [-0.1, -0.05) is 31.2 Å². The monoisotopic (exact) mass is 276 g/mol. The summed E-state index contributed by atoms with van der Waals surface area (Å²) >= 11 is 0. The number of methoxy groups -OCH3 is 1. The van der Waals surface area contributed by atoms with Crippen LogP contribution in [0, 0.1) is 0 Å². The number of benzene rings is 1. The highest BCUT2D eigenvalue weighted by atomic mass is 16.5. The molecule has 1 fully saturated rings. The number of rotatable bonds is 6. The molecule has 1 aliphatic heterocycles. The molecule has 1 aromatic carbocycles. The quantitative estimate of drug-likeness (QED) is 0.864. The van der Waals surface area contributed by atoms with Gasteiger partial charge in [-0.05, 0) is 44.0 Å². The van der Waals surface area contributed by atoms with Crippen LogP contribution in [0.25, 0.3) is 0 Å². The lowest BCUT2D eigenvalue weighted by molar-refractivity contribution is -0.0527. The summed E-state index contributed by atoms with van der Waals surface area (Å²) in [7, 11) is 1.83. The van der Waals surface area contributed by atoms with E-state index in [-0.39, 0.29) is 5.60 Å². The van der Waals surface area contributed by atoms with Crippen molar-refractivity contribution in [1.82, 2.24) is 10.2 Å². The summed E-state index contributed by atoms with van der Waals surface area (Å²) in [6, 6.07) is 8.92. The lowest BCUT2D eigenvalue weighted by Gasteiger charge is -2.39. The standard InChI is InChI=1S/C17H28N2O/c1-4-18-12-15-7-5-8-16(11-15)13-19-10-6-9-17(2,14-19)20-3/h5,7-8,11,18H,4,6,9-10,12-14H2,1-3H3. The molecule has 0 amide bonds. The molecule has 0 aliphatic carbocycles. The van der Waals surface area contributed by atoms with Crippen LogP contribution in [0.2, 0.25) is 0 Å². The van der Waals surface area contributed by atoms with Crippen LogP contribution in [0.4, 0.5) is 0 Å². The fourth-order valence-electron chi connectivity index (χ4n) is 2.97. The van der Waals surface area contributed by atoms with Crippen molar-refractivity contribution < 1.29 is 4.74 Å². The molecule has 3 heteroatoms. The molecule has 1 heterocycles. The first-order chi connectivity index (χ1) is 9.65. The molecule has 1 atom stereocenters. The topological polar surface area (TPSA) is 24.5 Å². The van der Waals surface area contributed by atoms with Crippen molar-refractivity contribution >= 4 is 0 Å². The highest BCUT2D eigenvalue weighted by Crippen LogP contribution is 2.25. The Labute approximate surface area is 123 Å². The molecule has 0 spiro atoms. The maximum absolute atomic E-state index is 5.67. The van der Waals surface area contributed by atoms with E-state index in [9.17, 15) is 0 Å². The number of nitrogens with zero attached hydrogens (tertiary/aromatic N) is 1. The molecule has 0 aromatic heterocycles. The third-order valence-corrected chi connectivity index (χ3v) is 4.21. The Hall–Kier alpha value is -0.900. The molecule has 1 aromatic rings. The van der Waals surface area contributed by atoms with Gasteiger partial charge in [0.15, 0.2) is 0 Å². The van der Waals surface area contributed by atoms with Gasteiger partial charge in [-0.15, -0.1) is 0 Å². The molecule has 2 rings (SSSR count). The van der Waals surface area contributed by atoms with Gasteiger partial charge in [0.25, 0.3) is 0 Å². The fraction of sp³-hybridized carbons (Fsp3) is 0.647. The third-order valence-electron chi connectivity index (χ3n) is 4.21. The Morgan fingerprint density at radius 3 is 2.90 bits per heavy atom.